The maximum Gasteiger partial charge on any atom is 0.416 e. The van der Waals surface area contributed by atoms with Crippen molar-refractivity contribution in [1.29, 1.82) is 0 Å². The summed E-state index contributed by atoms with van der Waals surface area (Å²) in [7, 11) is 1.65. The number of benzene rings is 1. The quantitative estimate of drug-likeness (QED) is 0.649. The lowest BCUT2D eigenvalue weighted by Crippen LogP contribution is -2.36. The van der Waals surface area contributed by atoms with E-state index in [1.165, 1.54) is 12.1 Å². The lowest BCUT2D eigenvalue weighted by Gasteiger charge is -2.12. The number of guanidine groups is 1. The molecule has 1 heterocycles. The first-order chi connectivity index (χ1) is 11.3. The van der Waals surface area contributed by atoms with E-state index in [9.17, 15) is 13.2 Å². The molecule has 0 aliphatic carbocycles. The highest BCUT2D eigenvalue weighted by atomic mass is 32.1. The Bertz CT molecular complexity index is 705. The average molecular weight is 356 g/mol. The highest BCUT2D eigenvalue weighted by Crippen LogP contribution is 2.29. The van der Waals surface area contributed by atoms with E-state index in [0.29, 0.717) is 19.0 Å². The van der Waals surface area contributed by atoms with Crippen LogP contribution in [0.2, 0.25) is 0 Å². The van der Waals surface area contributed by atoms with Gasteiger partial charge in [0.1, 0.15) is 0 Å². The van der Waals surface area contributed by atoms with Crippen LogP contribution < -0.4 is 10.6 Å². The summed E-state index contributed by atoms with van der Waals surface area (Å²) in [4.78, 5) is 9.60. The molecule has 0 saturated heterocycles. The monoisotopic (exact) mass is 356 g/mol. The molecule has 2 rings (SSSR count). The van der Waals surface area contributed by atoms with Crippen molar-refractivity contribution < 1.29 is 13.2 Å². The van der Waals surface area contributed by atoms with Gasteiger partial charge in [0, 0.05) is 18.5 Å². The van der Waals surface area contributed by atoms with Crippen molar-refractivity contribution >= 4 is 17.3 Å². The molecule has 0 aliphatic rings. The van der Waals surface area contributed by atoms with E-state index in [1.807, 2.05) is 13.8 Å². The number of nitrogens with one attached hydrogen (secondary N) is 2. The molecule has 1 aromatic heterocycles. The number of thiazole rings is 1. The van der Waals surface area contributed by atoms with E-state index in [0.717, 1.165) is 33.3 Å². The zero-order valence-corrected chi connectivity index (χ0v) is 14.5. The average Bonchev–Trinajstić information content (AvgIpc) is 2.85. The van der Waals surface area contributed by atoms with Gasteiger partial charge in [-0.2, -0.15) is 13.2 Å². The van der Waals surface area contributed by atoms with Crippen molar-refractivity contribution in [3.8, 4) is 0 Å². The molecule has 0 amide bonds. The summed E-state index contributed by atoms with van der Waals surface area (Å²) in [5, 5.41) is 7.27. The Kier molecular flexibility index (Phi) is 5.82. The third-order valence-electron chi connectivity index (χ3n) is 3.38. The number of hydrogen-bond acceptors (Lipinski definition) is 3. The number of rotatable bonds is 4. The minimum atomic E-state index is -4.31. The van der Waals surface area contributed by atoms with Gasteiger partial charge in [0.05, 0.1) is 22.8 Å². The van der Waals surface area contributed by atoms with Gasteiger partial charge in [-0.3, -0.25) is 4.99 Å². The summed E-state index contributed by atoms with van der Waals surface area (Å²) in [5.41, 5.74) is 1.09. The van der Waals surface area contributed by atoms with Gasteiger partial charge in [-0.15, -0.1) is 11.3 Å². The van der Waals surface area contributed by atoms with Gasteiger partial charge in [0.15, 0.2) is 5.96 Å². The summed E-state index contributed by atoms with van der Waals surface area (Å²) in [6.45, 7) is 4.90. The third-order valence-corrected chi connectivity index (χ3v) is 4.45. The molecule has 0 fully saturated rings. The summed E-state index contributed by atoms with van der Waals surface area (Å²) < 4.78 is 37.6. The maximum absolute atomic E-state index is 12.5. The molecule has 1 aromatic carbocycles. The number of alkyl halides is 3. The van der Waals surface area contributed by atoms with E-state index >= 15 is 0 Å². The van der Waals surface area contributed by atoms with Crippen LogP contribution in [0.1, 0.15) is 26.7 Å². The largest absolute Gasteiger partial charge is 0.416 e. The molecule has 0 unspecified atom stereocenters. The van der Waals surface area contributed by atoms with E-state index in [1.54, 1.807) is 18.4 Å². The predicted molar refractivity (Wildman–Crippen MR) is 90.1 cm³/mol. The number of aliphatic imine (C=N–C) groups is 1. The highest BCUT2D eigenvalue weighted by molar-refractivity contribution is 7.11. The fourth-order valence-electron chi connectivity index (χ4n) is 2.12. The van der Waals surface area contributed by atoms with Gasteiger partial charge in [-0.25, -0.2) is 4.98 Å². The molecular formula is C16H19F3N4S. The second-order valence-corrected chi connectivity index (χ2v) is 6.50. The van der Waals surface area contributed by atoms with Crippen LogP contribution in [0.25, 0.3) is 0 Å². The van der Waals surface area contributed by atoms with Crippen molar-refractivity contribution in [2.75, 3.05) is 7.05 Å². The van der Waals surface area contributed by atoms with Crippen LogP contribution in [0.15, 0.2) is 29.3 Å². The summed E-state index contributed by atoms with van der Waals surface area (Å²) in [5.74, 6) is 0.584. The Morgan fingerprint density at radius 2 is 1.75 bits per heavy atom. The molecule has 0 radical (unpaired) electrons. The maximum atomic E-state index is 12.5. The molecule has 0 aliphatic heterocycles. The Balaban J connectivity index is 1.88. The Labute approximate surface area is 142 Å². The second kappa shape index (κ2) is 7.65. The Morgan fingerprint density at radius 3 is 2.25 bits per heavy atom. The van der Waals surface area contributed by atoms with Gasteiger partial charge in [-0.1, -0.05) is 12.1 Å². The Morgan fingerprint density at radius 1 is 1.12 bits per heavy atom. The first-order valence-corrected chi connectivity index (χ1v) is 8.15. The van der Waals surface area contributed by atoms with Crippen LogP contribution in [0.3, 0.4) is 0 Å². The molecule has 2 N–H and O–H groups in total. The fraction of sp³-hybridized carbons (Fsp3) is 0.375. The normalized spacial score (nSPS) is 12.3. The number of nitrogens with zero attached hydrogens (tertiary/aromatic N) is 2. The molecule has 4 nitrogen and oxygen atoms in total. The summed E-state index contributed by atoms with van der Waals surface area (Å²) >= 11 is 1.62. The molecule has 24 heavy (non-hydrogen) atoms. The van der Waals surface area contributed by atoms with E-state index in [2.05, 4.69) is 20.6 Å². The number of hydrogen-bond donors (Lipinski definition) is 2. The van der Waals surface area contributed by atoms with Crippen LogP contribution in [0.5, 0.6) is 0 Å². The van der Waals surface area contributed by atoms with Crippen molar-refractivity contribution in [2.24, 2.45) is 4.99 Å². The number of halogens is 3. The van der Waals surface area contributed by atoms with Crippen molar-refractivity contribution in [3.05, 3.63) is 51.0 Å². The highest BCUT2D eigenvalue weighted by Gasteiger charge is 2.29. The Hall–Kier alpha value is -2.09. The lowest BCUT2D eigenvalue weighted by atomic mass is 10.1. The van der Waals surface area contributed by atoms with E-state index in [4.69, 9.17) is 0 Å². The smallest absolute Gasteiger partial charge is 0.352 e. The van der Waals surface area contributed by atoms with E-state index < -0.39 is 11.7 Å². The van der Waals surface area contributed by atoms with Gasteiger partial charge in [0.2, 0.25) is 0 Å². The second-order valence-electron chi connectivity index (χ2n) is 5.22. The molecule has 0 spiro atoms. The van der Waals surface area contributed by atoms with Crippen molar-refractivity contribution in [2.45, 2.75) is 33.1 Å². The first-order valence-electron chi connectivity index (χ1n) is 7.33. The minimum absolute atomic E-state index is 0.387. The van der Waals surface area contributed by atoms with Gasteiger partial charge in [-0.05, 0) is 31.5 Å². The van der Waals surface area contributed by atoms with Crippen molar-refractivity contribution in [3.63, 3.8) is 0 Å². The molecule has 0 saturated carbocycles. The molecule has 2 aromatic rings. The molecular weight excluding hydrogens is 337 g/mol. The fourth-order valence-corrected chi connectivity index (χ4v) is 3.00. The van der Waals surface area contributed by atoms with Gasteiger partial charge >= 0.3 is 6.18 Å². The molecule has 0 atom stereocenters. The SMILES string of the molecule is CN=C(NCc1ccc(C(F)(F)F)cc1)NCc1sc(C)nc1C. The lowest BCUT2D eigenvalue weighted by molar-refractivity contribution is -0.137. The van der Waals surface area contributed by atoms with Crippen LogP contribution in [-0.4, -0.2) is 18.0 Å². The molecule has 130 valence electrons. The standard InChI is InChI=1S/C16H19F3N4S/c1-10-14(24-11(2)23-10)9-22-15(20-3)21-8-12-4-6-13(7-5-12)16(17,18)19/h4-7H,8-9H2,1-3H3,(H2,20,21,22). The van der Waals surface area contributed by atoms with Gasteiger partial charge in [0.25, 0.3) is 0 Å². The van der Waals surface area contributed by atoms with Gasteiger partial charge < -0.3 is 10.6 Å². The first kappa shape index (κ1) is 18.3. The zero-order chi connectivity index (χ0) is 17.7. The summed E-state index contributed by atoms with van der Waals surface area (Å²) in [6.07, 6.45) is -4.31. The van der Waals surface area contributed by atoms with Crippen LogP contribution in [-0.2, 0) is 19.3 Å². The van der Waals surface area contributed by atoms with Crippen LogP contribution in [0, 0.1) is 13.8 Å². The summed E-state index contributed by atoms with van der Waals surface area (Å²) in [6, 6.07) is 5.08. The molecule has 8 heteroatoms. The zero-order valence-electron chi connectivity index (χ0n) is 13.7. The number of aryl methyl sites for hydroxylation is 2. The minimum Gasteiger partial charge on any atom is -0.352 e. The molecule has 0 bridgehead atoms. The van der Waals surface area contributed by atoms with E-state index in [-0.39, 0.29) is 0 Å². The van der Waals surface area contributed by atoms with Crippen LogP contribution in [0.4, 0.5) is 13.2 Å². The topological polar surface area (TPSA) is 49.3 Å². The van der Waals surface area contributed by atoms with Crippen molar-refractivity contribution in [1.82, 2.24) is 15.6 Å². The third kappa shape index (κ3) is 4.95. The van der Waals surface area contributed by atoms with Crippen LogP contribution >= 0.6 is 11.3 Å². The number of aromatic nitrogens is 1. The predicted octanol–water partition coefficient (Wildman–Crippen LogP) is 3.64.